The second-order valence-electron chi connectivity index (χ2n) is 4.31. The van der Waals surface area contributed by atoms with Crippen molar-refractivity contribution in [2.75, 3.05) is 6.61 Å². The Morgan fingerprint density at radius 2 is 2.11 bits per heavy atom. The lowest BCUT2D eigenvalue weighted by atomic mass is 10.1. The molecule has 0 saturated heterocycles. The summed E-state index contributed by atoms with van der Waals surface area (Å²) in [5.74, 6) is -0.0320. The van der Waals surface area contributed by atoms with Crippen LogP contribution in [0, 0.1) is 6.92 Å². The van der Waals surface area contributed by atoms with Crippen LogP contribution < -0.4 is 16.1 Å². The number of aryl methyl sites for hydroxylation is 2. The van der Waals surface area contributed by atoms with E-state index in [4.69, 9.17) is 14.9 Å². The molecule has 0 aliphatic heterocycles. The van der Waals surface area contributed by atoms with Crippen LogP contribution in [-0.2, 0) is 11.2 Å². The summed E-state index contributed by atoms with van der Waals surface area (Å²) < 4.78 is 10.5. The first kappa shape index (κ1) is 13.1. The molecular weight excluding hydrogens is 246 g/mol. The van der Waals surface area contributed by atoms with Gasteiger partial charge in [-0.25, -0.2) is 4.79 Å². The molecule has 0 aliphatic carbocycles. The summed E-state index contributed by atoms with van der Waals surface area (Å²) in [7, 11) is 0. The number of ether oxygens (including phenoxy) is 1. The molecule has 0 radical (unpaired) electrons. The molecule has 2 rings (SSSR count). The zero-order valence-corrected chi connectivity index (χ0v) is 10.9. The maximum atomic E-state index is 11.4. The van der Waals surface area contributed by atoms with Gasteiger partial charge in [0.1, 0.15) is 11.3 Å². The Balaban J connectivity index is 2.57. The number of primary amides is 1. The summed E-state index contributed by atoms with van der Waals surface area (Å²) in [4.78, 5) is 22.1. The van der Waals surface area contributed by atoms with Gasteiger partial charge in [0.15, 0.2) is 6.61 Å². The van der Waals surface area contributed by atoms with Gasteiger partial charge in [-0.3, -0.25) is 4.79 Å². The van der Waals surface area contributed by atoms with Gasteiger partial charge < -0.3 is 14.9 Å². The third-order valence-corrected chi connectivity index (χ3v) is 2.88. The molecule has 2 aromatic rings. The maximum Gasteiger partial charge on any atom is 0.336 e. The summed E-state index contributed by atoms with van der Waals surface area (Å²) in [5.41, 5.74) is 6.88. The van der Waals surface area contributed by atoms with Crippen molar-refractivity contribution < 1.29 is 13.9 Å². The van der Waals surface area contributed by atoms with Crippen LogP contribution in [0.2, 0.25) is 0 Å². The first-order valence-electron chi connectivity index (χ1n) is 5.99. The highest BCUT2D eigenvalue weighted by atomic mass is 16.5. The number of rotatable bonds is 4. The summed E-state index contributed by atoms with van der Waals surface area (Å²) in [6.07, 6.45) is 0.739. The number of hydrogen-bond donors (Lipinski definition) is 1. The molecule has 1 amide bonds. The zero-order valence-electron chi connectivity index (χ0n) is 10.9. The fourth-order valence-electron chi connectivity index (χ4n) is 1.95. The van der Waals surface area contributed by atoms with Crippen LogP contribution in [0.15, 0.2) is 27.4 Å². The Morgan fingerprint density at radius 1 is 1.37 bits per heavy atom. The highest BCUT2D eigenvalue weighted by Gasteiger charge is 2.10. The molecule has 1 aromatic carbocycles. The third-order valence-electron chi connectivity index (χ3n) is 2.88. The predicted octanol–water partition coefficient (Wildman–Crippen LogP) is 1.53. The van der Waals surface area contributed by atoms with Gasteiger partial charge in [0, 0.05) is 17.5 Å². The summed E-state index contributed by atoms with van der Waals surface area (Å²) in [6, 6.07) is 4.99. The topological polar surface area (TPSA) is 82.5 Å². The molecule has 2 N–H and O–H groups in total. The Hall–Kier alpha value is -2.30. The van der Waals surface area contributed by atoms with Crippen molar-refractivity contribution >= 4 is 16.9 Å². The van der Waals surface area contributed by atoms with Gasteiger partial charge in [0.25, 0.3) is 5.91 Å². The average molecular weight is 261 g/mol. The van der Waals surface area contributed by atoms with Gasteiger partial charge >= 0.3 is 5.63 Å². The van der Waals surface area contributed by atoms with E-state index in [9.17, 15) is 9.59 Å². The Kier molecular flexibility index (Phi) is 3.55. The van der Waals surface area contributed by atoms with Crippen LogP contribution in [0.3, 0.4) is 0 Å². The van der Waals surface area contributed by atoms with Crippen molar-refractivity contribution in [3.05, 3.63) is 39.7 Å². The van der Waals surface area contributed by atoms with E-state index in [1.54, 1.807) is 6.07 Å². The number of amides is 1. The number of nitrogens with two attached hydrogens (primary N) is 1. The molecule has 0 atom stereocenters. The van der Waals surface area contributed by atoms with Crippen LogP contribution in [0.25, 0.3) is 11.0 Å². The molecule has 0 aliphatic rings. The summed E-state index contributed by atoms with van der Waals surface area (Å²) in [5, 5.41) is 0.864. The molecule has 0 bridgehead atoms. The Labute approximate surface area is 110 Å². The quantitative estimate of drug-likeness (QED) is 0.846. The predicted molar refractivity (Wildman–Crippen MR) is 71.3 cm³/mol. The highest BCUT2D eigenvalue weighted by molar-refractivity contribution is 5.83. The molecule has 0 fully saturated rings. The molecule has 100 valence electrons. The Morgan fingerprint density at radius 3 is 2.74 bits per heavy atom. The molecule has 5 nitrogen and oxygen atoms in total. The third kappa shape index (κ3) is 2.76. The number of carbonyl (C=O) groups excluding carboxylic acids is 1. The first-order valence-corrected chi connectivity index (χ1v) is 5.99. The van der Waals surface area contributed by atoms with Crippen LogP contribution in [0.1, 0.15) is 18.1 Å². The lowest BCUT2D eigenvalue weighted by molar-refractivity contribution is -0.119. The van der Waals surface area contributed by atoms with E-state index in [-0.39, 0.29) is 6.61 Å². The van der Waals surface area contributed by atoms with Gasteiger partial charge in [-0.05, 0) is 30.5 Å². The second kappa shape index (κ2) is 5.14. The zero-order chi connectivity index (χ0) is 14.0. The van der Waals surface area contributed by atoms with Gasteiger partial charge in [-0.15, -0.1) is 0 Å². The standard InChI is InChI=1S/C14H15NO4/c1-3-9-5-10-8(2)4-14(17)19-12(10)6-11(9)18-7-13(15)16/h4-6H,3,7H2,1-2H3,(H2,15,16). The number of carbonyl (C=O) groups is 1. The van der Waals surface area contributed by atoms with Crippen molar-refractivity contribution in [3.8, 4) is 5.75 Å². The van der Waals surface area contributed by atoms with Crippen LogP contribution >= 0.6 is 0 Å². The first-order chi connectivity index (χ1) is 9.01. The van der Waals surface area contributed by atoms with Crippen molar-refractivity contribution in [1.82, 2.24) is 0 Å². The summed E-state index contributed by atoms with van der Waals surface area (Å²) in [6.45, 7) is 3.63. The van der Waals surface area contributed by atoms with Crippen molar-refractivity contribution in [3.63, 3.8) is 0 Å². The minimum Gasteiger partial charge on any atom is -0.483 e. The molecule has 5 heteroatoms. The lowest BCUT2D eigenvalue weighted by Crippen LogP contribution is -2.20. The fourth-order valence-corrected chi connectivity index (χ4v) is 1.95. The number of benzene rings is 1. The molecule has 0 saturated carbocycles. The van der Waals surface area contributed by atoms with Gasteiger partial charge in [0.05, 0.1) is 0 Å². The maximum absolute atomic E-state index is 11.4. The van der Waals surface area contributed by atoms with Crippen LogP contribution in [-0.4, -0.2) is 12.5 Å². The van der Waals surface area contributed by atoms with Gasteiger partial charge in [-0.2, -0.15) is 0 Å². The van der Waals surface area contributed by atoms with E-state index in [2.05, 4.69) is 0 Å². The molecule has 19 heavy (non-hydrogen) atoms. The van der Waals surface area contributed by atoms with E-state index in [1.807, 2.05) is 19.9 Å². The largest absolute Gasteiger partial charge is 0.483 e. The number of fused-ring (bicyclic) bond motifs is 1. The molecule has 1 heterocycles. The SMILES string of the molecule is CCc1cc2c(C)cc(=O)oc2cc1OCC(N)=O. The minimum atomic E-state index is -0.548. The Bertz CT molecular complexity index is 688. The van der Waals surface area contributed by atoms with Crippen molar-refractivity contribution in [2.24, 2.45) is 5.73 Å². The van der Waals surface area contributed by atoms with Crippen molar-refractivity contribution in [2.45, 2.75) is 20.3 Å². The molecule has 0 unspecified atom stereocenters. The normalized spacial score (nSPS) is 10.6. The fraction of sp³-hybridized carbons (Fsp3) is 0.286. The minimum absolute atomic E-state index is 0.200. The van der Waals surface area contributed by atoms with Crippen LogP contribution in [0.4, 0.5) is 0 Å². The van der Waals surface area contributed by atoms with E-state index < -0.39 is 11.5 Å². The molecular formula is C14H15NO4. The van der Waals surface area contributed by atoms with Crippen molar-refractivity contribution in [1.29, 1.82) is 0 Å². The molecule has 0 spiro atoms. The highest BCUT2D eigenvalue weighted by Crippen LogP contribution is 2.27. The molecule has 1 aromatic heterocycles. The second-order valence-corrected chi connectivity index (χ2v) is 4.31. The average Bonchev–Trinajstić information content (AvgIpc) is 2.35. The lowest BCUT2D eigenvalue weighted by Gasteiger charge is -2.11. The van der Waals surface area contributed by atoms with E-state index in [0.717, 1.165) is 22.9 Å². The van der Waals surface area contributed by atoms with Gasteiger partial charge in [-0.1, -0.05) is 6.92 Å². The number of hydrogen-bond acceptors (Lipinski definition) is 4. The van der Waals surface area contributed by atoms with Gasteiger partial charge in [0.2, 0.25) is 0 Å². The van der Waals surface area contributed by atoms with E-state index in [0.29, 0.717) is 11.3 Å². The van der Waals surface area contributed by atoms with E-state index >= 15 is 0 Å². The summed E-state index contributed by atoms with van der Waals surface area (Å²) >= 11 is 0. The monoisotopic (exact) mass is 261 g/mol. The smallest absolute Gasteiger partial charge is 0.336 e. The van der Waals surface area contributed by atoms with E-state index in [1.165, 1.54) is 6.07 Å². The van der Waals surface area contributed by atoms with Crippen LogP contribution in [0.5, 0.6) is 5.75 Å².